The van der Waals surface area contributed by atoms with E-state index in [2.05, 4.69) is 20.4 Å². The molecule has 1 atom stereocenters. The highest BCUT2D eigenvalue weighted by molar-refractivity contribution is 6.00. The number of hydrogen-bond acceptors (Lipinski definition) is 6. The first kappa shape index (κ1) is 18.1. The summed E-state index contributed by atoms with van der Waals surface area (Å²) >= 11 is 0. The summed E-state index contributed by atoms with van der Waals surface area (Å²) < 4.78 is 20.8. The van der Waals surface area contributed by atoms with Gasteiger partial charge in [0.15, 0.2) is 11.6 Å². The molecule has 1 unspecified atom stereocenters. The highest BCUT2D eigenvalue weighted by Crippen LogP contribution is 2.29. The summed E-state index contributed by atoms with van der Waals surface area (Å²) in [4.78, 5) is 23.2. The maximum Gasteiger partial charge on any atom is 0.250 e. The van der Waals surface area contributed by atoms with Crippen molar-refractivity contribution in [3.8, 4) is 5.75 Å². The van der Waals surface area contributed by atoms with Crippen molar-refractivity contribution in [1.29, 1.82) is 0 Å². The molecule has 9 heteroatoms. The average molecular weight is 384 g/mol. The molecule has 3 heterocycles. The van der Waals surface area contributed by atoms with E-state index in [0.717, 1.165) is 12.2 Å². The van der Waals surface area contributed by atoms with E-state index in [1.165, 1.54) is 19.5 Å². The maximum atomic E-state index is 14.0. The number of hydrogen-bond donors (Lipinski definition) is 1. The van der Waals surface area contributed by atoms with Crippen LogP contribution in [0.3, 0.4) is 0 Å². The Kier molecular flexibility index (Phi) is 4.81. The summed E-state index contributed by atoms with van der Waals surface area (Å²) in [5.41, 5.74) is 0.444. The molecule has 0 saturated carbocycles. The highest BCUT2D eigenvalue weighted by atomic mass is 19.1. The lowest BCUT2D eigenvalue weighted by Gasteiger charge is -2.33. The van der Waals surface area contributed by atoms with Gasteiger partial charge in [0.1, 0.15) is 24.0 Å². The summed E-state index contributed by atoms with van der Waals surface area (Å²) in [6, 6.07) is 4.25. The molecule has 8 nitrogen and oxygen atoms in total. The lowest BCUT2D eigenvalue weighted by atomic mass is 10.0. The second-order valence-electron chi connectivity index (χ2n) is 6.56. The van der Waals surface area contributed by atoms with Crippen LogP contribution in [0.5, 0.6) is 5.75 Å². The van der Waals surface area contributed by atoms with Crippen molar-refractivity contribution < 1.29 is 13.9 Å². The highest BCUT2D eigenvalue weighted by Gasteiger charge is 2.31. The number of anilines is 2. The number of halogens is 1. The number of carbonyl (C=O) groups is 1. The zero-order chi connectivity index (χ0) is 19.7. The summed E-state index contributed by atoms with van der Waals surface area (Å²) in [6.07, 6.45) is 4.58. The number of piperidine rings is 1. The lowest BCUT2D eigenvalue weighted by Crippen LogP contribution is -2.48. The predicted octanol–water partition coefficient (Wildman–Crippen LogP) is 2.60. The normalized spacial score (nSPS) is 17.2. The van der Waals surface area contributed by atoms with Gasteiger partial charge in [-0.3, -0.25) is 9.69 Å². The topological polar surface area (TPSA) is 85.2 Å². The van der Waals surface area contributed by atoms with Gasteiger partial charge in [-0.1, -0.05) is 0 Å². The molecule has 28 heavy (non-hydrogen) atoms. The van der Waals surface area contributed by atoms with Crippen molar-refractivity contribution in [2.75, 3.05) is 23.9 Å². The van der Waals surface area contributed by atoms with Crippen LogP contribution in [0.2, 0.25) is 0 Å². The third-order valence-electron chi connectivity index (χ3n) is 4.93. The molecule has 0 spiro atoms. The van der Waals surface area contributed by atoms with Crippen LogP contribution in [0.25, 0.3) is 10.9 Å². The standard InChI is InChI=1S/C19H21FN6O2/c1-3-26-17(6-7-23-26)25-8-4-5-14(19(25)27)24-18-12-9-16(28-2)13(20)10-15(12)21-11-22-18/h6-7,9-11,14H,3-5,8H2,1-2H3,(H,21,22,24). The number of benzene rings is 1. The Bertz CT molecular complexity index is 1020. The number of aromatic nitrogens is 4. The number of amides is 1. The van der Waals surface area contributed by atoms with Gasteiger partial charge in [0, 0.05) is 30.6 Å². The Morgan fingerprint density at radius 3 is 3.00 bits per heavy atom. The van der Waals surface area contributed by atoms with Crippen molar-refractivity contribution in [1.82, 2.24) is 19.7 Å². The Balaban J connectivity index is 1.64. The SMILES string of the molecule is CCn1nccc1N1CCCC(Nc2ncnc3cc(F)c(OC)cc23)C1=O. The van der Waals surface area contributed by atoms with E-state index in [9.17, 15) is 9.18 Å². The number of rotatable bonds is 5. The van der Waals surface area contributed by atoms with Gasteiger partial charge < -0.3 is 10.1 Å². The molecule has 3 aromatic rings. The zero-order valence-electron chi connectivity index (χ0n) is 15.7. The van der Waals surface area contributed by atoms with Crippen molar-refractivity contribution in [3.63, 3.8) is 0 Å². The first-order valence-corrected chi connectivity index (χ1v) is 9.20. The molecule has 0 radical (unpaired) electrons. The van der Waals surface area contributed by atoms with Gasteiger partial charge in [0.2, 0.25) is 0 Å². The molecule has 1 amide bonds. The van der Waals surface area contributed by atoms with Crippen molar-refractivity contribution in [3.05, 3.63) is 36.5 Å². The van der Waals surface area contributed by atoms with E-state index in [1.807, 2.05) is 13.0 Å². The van der Waals surface area contributed by atoms with Crippen LogP contribution in [0.15, 0.2) is 30.7 Å². The zero-order valence-corrected chi connectivity index (χ0v) is 15.7. The van der Waals surface area contributed by atoms with Crippen LogP contribution in [-0.4, -0.2) is 45.4 Å². The van der Waals surface area contributed by atoms with Gasteiger partial charge in [0.05, 0.1) is 18.8 Å². The molecule has 2 aromatic heterocycles. The fourth-order valence-electron chi connectivity index (χ4n) is 3.53. The molecule has 0 aliphatic carbocycles. The van der Waals surface area contributed by atoms with Crippen molar-refractivity contribution in [2.24, 2.45) is 0 Å². The van der Waals surface area contributed by atoms with Crippen LogP contribution < -0.4 is 15.0 Å². The molecule has 1 N–H and O–H groups in total. The third kappa shape index (κ3) is 3.12. The molecule has 1 fully saturated rings. The fourth-order valence-corrected chi connectivity index (χ4v) is 3.53. The quantitative estimate of drug-likeness (QED) is 0.728. The number of fused-ring (bicyclic) bond motifs is 1. The van der Waals surface area contributed by atoms with E-state index in [0.29, 0.717) is 36.2 Å². The molecule has 0 bridgehead atoms. The minimum atomic E-state index is -0.493. The summed E-state index contributed by atoms with van der Waals surface area (Å²) in [5.74, 6) is 0.839. The van der Waals surface area contributed by atoms with Crippen LogP contribution >= 0.6 is 0 Å². The summed E-state index contributed by atoms with van der Waals surface area (Å²) in [5, 5.41) is 8.08. The van der Waals surface area contributed by atoms with Gasteiger partial charge in [-0.2, -0.15) is 5.10 Å². The minimum absolute atomic E-state index is 0.0395. The van der Waals surface area contributed by atoms with Crippen LogP contribution in [-0.2, 0) is 11.3 Å². The van der Waals surface area contributed by atoms with E-state index in [-0.39, 0.29) is 11.7 Å². The second-order valence-corrected chi connectivity index (χ2v) is 6.56. The van der Waals surface area contributed by atoms with Gasteiger partial charge in [-0.05, 0) is 25.8 Å². The minimum Gasteiger partial charge on any atom is -0.494 e. The summed E-state index contributed by atoms with van der Waals surface area (Å²) in [6.45, 7) is 3.32. The molecule has 4 rings (SSSR count). The third-order valence-corrected chi connectivity index (χ3v) is 4.93. The predicted molar refractivity (Wildman–Crippen MR) is 103 cm³/mol. The Labute approximate surface area is 161 Å². The fraction of sp³-hybridized carbons (Fsp3) is 0.368. The number of aryl methyl sites for hydroxylation is 1. The van der Waals surface area contributed by atoms with Crippen LogP contribution in [0.1, 0.15) is 19.8 Å². The molecule has 1 aliphatic rings. The first-order chi connectivity index (χ1) is 13.6. The Morgan fingerprint density at radius 1 is 1.36 bits per heavy atom. The number of nitrogens with one attached hydrogen (secondary N) is 1. The van der Waals surface area contributed by atoms with Crippen LogP contribution in [0.4, 0.5) is 16.0 Å². The van der Waals surface area contributed by atoms with E-state index >= 15 is 0 Å². The number of ether oxygens (including phenoxy) is 1. The first-order valence-electron chi connectivity index (χ1n) is 9.20. The Morgan fingerprint density at radius 2 is 2.21 bits per heavy atom. The largest absolute Gasteiger partial charge is 0.494 e. The molecule has 146 valence electrons. The summed E-state index contributed by atoms with van der Waals surface area (Å²) in [7, 11) is 1.40. The van der Waals surface area contributed by atoms with Gasteiger partial charge in [-0.25, -0.2) is 19.0 Å². The smallest absolute Gasteiger partial charge is 0.250 e. The monoisotopic (exact) mass is 384 g/mol. The lowest BCUT2D eigenvalue weighted by molar-refractivity contribution is -0.120. The number of nitrogens with zero attached hydrogens (tertiary/aromatic N) is 5. The number of methoxy groups -OCH3 is 1. The molecule has 1 saturated heterocycles. The second kappa shape index (κ2) is 7.41. The molecular weight excluding hydrogens is 363 g/mol. The average Bonchev–Trinajstić information content (AvgIpc) is 3.17. The van der Waals surface area contributed by atoms with E-state index < -0.39 is 11.9 Å². The van der Waals surface area contributed by atoms with Gasteiger partial charge in [0.25, 0.3) is 5.91 Å². The maximum absolute atomic E-state index is 14.0. The van der Waals surface area contributed by atoms with Gasteiger partial charge in [-0.15, -0.1) is 0 Å². The van der Waals surface area contributed by atoms with E-state index in [4.69, 9.17) is 4.74 Å². The van der Waals surface area contributed by atoms with Crippen LogP contribution in [0, 0.1) is 5.82 Å². The molecule has 1 aromatic carbocycles. The number of carbonyl (C=O) groups excluding carboxylic acids is 1. The van der Waals surface area contributed by atoms with Crippen molar-refractivity contribution in [2.45, 2.75) is 32.4 Å². The Hall–Kier alpha value is -3.23. The van der Waals surface area contributed by atoms with Gasteiger partial charge >= 0.3 is 0 Å². The van der Waals surface area contributed by atoms with Crippen molar-refractivity contribution >= 4 is 28.4 Å². The molecular formula is C19H21FN6O2. The molecule has 1 aliphatic heterocycles. The van der Waals surface area contributed by atoms with E-state index in [1.54, 1.807) is 21.8 Å².